The summed E-state index contributed by atoms with van der Waals surface area (Å²) in [6, 6.07) is 14.8. The molecule has 0 spiro atoms. The summed E-state index contributed by atoms with van der Waals surface area (Å²) in [6.07, 6.45) is 0. The molecule has 0 saturated heterocycles. The zero-order chi connectivity index (χ0) is 14.9. The second-order valence-electron chi connectivity index (χ2n) is 4.88. The molecule has 21 heavy (non-hydrogen) atoms. The Labute approximate surface area is 122 Å². The van der Waals surface area contributed by atoms with Crippen LogP contribution in [0.25, 0.3) is 0 Å². The fourth-order valence-corrected chi connectivity index (χ4v) is 2.24. The van der Waals surface area contributed by atoms with E-state index in [1.165, 1.54) is 0 Å². The summed E-state index contributed by atoms with van der Waals surface area (Å²) in [5.41, 5.74) is 1.58. The lowest BCUT2D eigenvalue weighted by molar-refractivity contribution is -0.0680. The van der Waals surface area contributed by atoms with Crippen LogP contribution in [0.5, 0.6) is 11.5 Å². The van der Waals surface area contributed by atoms with Gasteiger partial charge in [0.2, 0.25) is 0 Å². The Morgan fingerprint density at radius 2 is 1.76 bits per heavy atom. The van der Waals surface area contributed by atoms with Gasteiger partial charge in [-0.05, 0) is 12.1 Å². The van der Waals surface area contributed by atoms with E-state index in [0.717, 1.165) is 5.56 Å². The molecule has 1 unspecified atom stereocenters. The molecule has 1 aliphatic rings. The van der Waals surface area contributed by atoms with Crippen LogP contribution in [-0.4, -0.2) is 13.1 Å². The molecule has 0 saturated carbocycles. The summed E-state index contributed by atoms with van der Waals surface area (Å²) >= 11 is 0. The molecule has 0 radical (unpaired) electrons. The number of amides is 2. The standard InChI is InChI=1S/C16H16N2O3/c1-16(11-6-4-3-5-7-11)20-13-9-8-12(10-14(13)21-16)18-15(19)17-2/h3-10H,1-2H3,(H2,17,18,19). The Morgan fingerprint density at radius 1 is 1.05 bits per heavy atom. The number of ether oxygens (including phenoxy) is 2. The summed E-state index contributed by atoms with van der Waals surface area (Å²) in [6.45, 7) is 1.87. The number of carbonyl (C=O) groups is 1. The van der Waals surface area contributed by atoms with Crippen LogP contribution in [0.2, 0.25) is 0 Å². The molecule has 0 bridgehead atoms. The molecule has 0 fully saturated rings. The summed E-state index contributed by atoms with van der Waals surface area (Å²) in [4.78, 5) is 11.3. The van der Waals surface area contributed by atoms with Gasteiger partial charge in [-0.1, -0.05) is 30.3 Å². The van der Waals surface area contributed by atoms with E-state index in [9.17, 15) is 4.79 Å². The maximum Gasteiger partial charge on any atom is 0.318 e. The van der Waals surface area contributed by atoms with Gasteiger partial charge in [0.25, 0.3) is 5.79 Å². The summed E-state index contributed by atoms with van der Waals surface area (Å²) in [5, 5.41) is 5.20. The third-order valence-electron chi connectivity index (χ3n) is 3.34. The number of anilines is 1. The Bertz CT molecular complexity index is 672. The topological polar surface area (TPSA) is 59.6 Å². The quantitative estimate of drug-likeness (QED) is 0.891. The van der Waals surface area contributed by atoms with Crippen molar-refractivity contribution in [2.24, 2.45) is 0 Å². The van der Waals surface area contributed by atoms with Crippen LogP contribution in [0.3, 0.4) is 0 Å². The van der Waals surface area contributed by atoms with Crippen LogP contribution in [0.15, 0.2) is 48.5 Å². The number of benzene rings is 2. The van der Waals surface area contributed by atoms with E-state index in [0.29, 0.717) is 17.2 Å². The van der Waals surface area contributed by atoms with Crippen LogP contribution in [-0.2, 0) is 5.79 Å². The predicted octanol–water partition coefficient (Wildman–Crippen LogP) is 3.08. The van der Waals surface area contributed by atoms with Crippen molar-refractivity contribution < 1.29 is 14.3 Å². The lowest BCUT2D eigenvalue weighted by Gasteiger charge is -2.23. The zero-order valence-electron chi connectivity index (χ0n) is 11.8. The molecule has 0 aromatic heterocycles. The highest BCUT2D eigenvalue weighted by atomic mass is 16.7. The summed E-state index contributed by atoms with van der Waals surface area (Å²) in [5.74, 6) is 0.411. The highest BCUT2D eigenvalue weighted by molar-refractivity contribution is 5.89. The molecule has 5 nitrogen and oxygen atoms in total. The Balaban J connectivity index is 1.86. The van der Waals surface area contributed by atoms with Gasteiger partial charge in [0.05, 0.1) is 0 Å². The molecule has 2 aromatic rings. The van der Waals surface area contributed by atoms with E-state index in [1.807, 2.05) is 37.3 Å². The van der Waals surface area contributed by atoms with E-state index in [4.69, 9.17) is 9.47 Å². The van der Waals surface area contributed by atoms with E-state index in [1.54, 1.807) is 25.2 Å². The smallest absolute Gasteiger partial charge is 0.318 e. The second-order valence-corrected chi connectivity index (χ2v) is 4.88. The molecule has 2 amide bonds. The number of hydrogen-bond donors (Lipinski definition) is 2. The molecule has 1 atom stereocenters. The second kappa shape index (κ2) is 5.01. The van der Waals surface area contributed by atoms with Crippen molar-refractivity contribution in [3.8, 4) is 11.5 Å². The third kappa shape index (κ3) is 2.50. The summed E-state index contributed by atoms with van der Waals surface area (Å²) in [7, 11) is 1.56. The van der Waals surface area contributed by atoms with Crippen molar-refractivity contribution in [2.75, 3.05) is 12.4 Å². The highest BCUT2D eigenvalue weighted by Crippen LogP contribution is 2.44. The van der Waals surface area contributed by atoms with E-state index in [-0.39, 0.29) is 6.03 Å². The minimum absolute atomic E-state index is 0.278. The zero-order valence-corrected chi connectivity index (χ0v) is 11.8. The molecule has 2 aromatic carbocycles. The van der Waals surface area contributed by atoms with Crippen molar-refractivity contribution >= 4 is 11.7 Å². The van der Waals surface area contributed by atoms with Crippen LogP contribution in [0, 0.1) is 0 Å². The first-order chi connectivity index (χ1) is 10.1. The number of nitrogens with one attached hydrogen (secondary N) is 2. The fourth-order valence-electron chi connectivity index (χ4n) is 2.24. The monoisotopic (exact) mass is 284 g/mol. The molecule has 1 aliphatic heterocycles. The van der Waals surface area contributed by atoms with Gasteiger partial charge in [-0.2, -0.15) is 0 Å². The third-order valence-corrected chi connectivity index (χ3v) is 3.34. The van der Waals surface area contributed by atoms with Crippen LogP contribution in [0.4, 0.5) is 10.5 Å². The minimum Gasteiger partial charge on any atom is -0.445 e. The van der Waals surface area contributed by atoms with Crippen LogP contribution in [0.1, 0.15) is 12.5 Å². The van der Waals surface area contributed by atoms with Gasteiger partial charge in [-0.3, -0.25) is 0 Å². The Morgan fingerprint density at radius 3 is 2.48 bits per heavy atom. The average molecular weight is 284 g/mol. The van der Waals surface area contributed by atoms with Gasteiger partial charge in [0.15, 0.2) is 11.5 Å². The van der Waals surface area contributed by atoms with Gasteiger partial charge in [-0.25, -0.2) is 4.79 Å². The van der Waals surface area contributed by atoms with Gasteiger partial charge in [0.1, 0.15) is 0 Å². The molecule has 5 heteroatoms. The van der Waals surface area contributed by atoms with E-state index >= 15 is 0 Å². The predicted molar refractivity (Wildman–Crippen MR) is 79.6 cm³/mol. The SMILES string of the molecule is CNC(=O)Nc1ccc2c(c1)OC(C)(c1ccccc1)O2. The first-order valence-corrected chi connectivity index (χ1v) is 6.67. The number of carbonyl (C=O) groups excluding carboxylic acids is 1. The number of hydrogen-bond acceptors (Lipinski definition) is 3. The first kappa shape index (κ1) is 13.3. The first-order valence-electron chi connectivity index (χ1n) is 6.67. The lowest BCUT2D eigenvalue weighted by atomic mass is 10.1. The van der Waals surface area contributed by atoms with Crippen molar-refractivity contribution in [1.29, 1.82) is 0 Å². The maximum absolute atomic E-state index is 11.3. The Hall–Kier alpha value is -2.69. The van der Waals surface area contributed by atoms with Gasteiger partial charge < -0.3 is 20.1 Å². The van der Waals surface area contributed by atoms with E-state index in [2.05, 4.69) is 10.6 Å². The van der Waals surface area contributed by atoms with Gasteiger partial charge in [-0.15, -0.1) is 0 Å². The number of rotatable bonds is 2. The summed E-state index contributed by atoms with van der Waals surface area (Å²) < 4.78 is 11.9. The van der Waals surface area contributed by atoms with Crippen molar-refractivity contribution in [1.82, 2.24) is 5.32 Å². The molecule has 1 heterocycles. The maximum atomic E-state index is 11.3. The molecule has 108 valence electrons. The fraction of sp³-hybridized carbons (Fsp3) is 0.188. The van der Waals surface area contributed by atoms with Crippen molar-refractivity contribution in [3.63, 3.8) is 0 Å². The van der Waals surface area contributed by atoms with Crippen LogP contribution < -0.4 is 20.1 Å². The van der Waals surface area contributed by atoms with Crippen molar-refractivity contribution in [2.45, 2.75) is 12.7 Å². The number of fused-ring (bicyclic) bond motifs is 1. The van der Waals surface area contributed by atoms with Gasteiger partial charge in [0, 0.05) is 31.3 Å². The lowest BCUT2D eigenvalue weighted by Crippen LogP contribution is -2.31. The molecule has 0 aliphatic carbocycles. The molecular formula is C16H16N2O3. The highest BCUT2D eigenvalue weighted by Gasteiger charge is 2.38. The average Bonchev–Trinajstić information content (AvgIpc) is 2.85. The van der Waals surface area contributed by atoms with Gasteiger partial charge >= 0.3 is 6.03 Å². The Kier molecular flexibility index (Phi) is 3.17. The number of urea groups is 1. The van der Waals surface area contributed by atoms with Crippen LogP contribution >= 0.6 is 0 Å². The largest absolute Gasteiger partial charge is 0.445 e. The van der Waals surface area contributed by atoms with E-state index < -0.39 is 5.79 Å². The molecular weight excluding hydrogens is 268 g/mol. The van der Waals surface area contributed by atoms with Crippen molar-refractivity contribution in [3.05, 3.63) is 54.1 Å². The molecule has 3 rings (SSSR count). The minimum atomic E-state index is -0.852. The molecule has 2 N–H and O–H groups in total. The normalized spacial score (nSPS) is 19.1.